The van der Waals surface area contributed by atoms with E-state index in [1.165, 1.54) is 28.7 Å². The number of aromatic nitrogens is 3. The lowest BCUT2D eigenvalue weighted by molar-refractivity contribution is -0.137. The highest BCUT2D eigenvalue weighted by molar-refractivity contribution is 7.15. The van der Waals surface area contributed by atoms with E-state index in [1.54, 1.807) is 35.4 Å². The Morgan fingerprint density at radius 2 is 2.00 bits per heavy atom. The van der Waals surface area contributed by atoms with E-state index < -0.39 is 11.7 Å². The van der Waals surface area contributed by atoms with Gasteiger partial charge in [-0.3, -0.25) is 14.0 Å². The molecule has 1 fully saturated rings. The van der Waals surface area contributed by atoms with E-state index >= 15 is 0 Å². The molecule has 1 aromatic carbocycles. The number of carbonyl (C=O) groups excluding carboxylic acids is 2. The van der Waals surface area contributed by atoms with Gasteiger partial charge in [0.05, 0.1) is 21.1 Å². The highest BCUT2D eigenvalue weighted by atomic mass is 32.1. The minimum atomic E-state index is -4.49. The molecule has 0 aliphatic carbocycles. The van der Waals surface area contributed by atoms with Gasteiger partial charge in [0.1, 0.15) is 11.4 Å². The Morgan fingerprint density at radius 1 is 1.19 bits per heavy atom. The molecule has 7 nitrogen and oxygen atoms in total. The van der Waals surface area contributed by atoms with Crippen molar-refractivity contribution in [3.8, 4) is 10.4 Å². The molecule has 1 N–H and O–H groups in total. The number of hydrogen-bond donors (Lipinski definition) is 1. The number of rotatable bonds is 5. The number of piperidine rings is 1. The van der Waals surface area contributed by atoms with Gasteiger partial charge in [0, 0.05) is 30.7 Å². The fourth-order valence-electron chi connectivity index (χ4n) is 4.68. The maximum atomic E-state index is 13.7. The maximum Gasteiger partial charge on any atom is 0.416 e. The van der Waals surface area contributed by atoms with E-state index in [-0.39, 0.29) is 30.1 Å². The molecule has 12 heteroatoms. The first-order chi connectivity index (χ1) is 17.6. The van der Waals surface area contributed by atoms with Crippen molar-refractivity contribution in [3.63, 3.8) is 0 Å². The van der Waals surface area contributed by atoms with Crippen LogP contribution < -0.4 is 5.32 Å². The second-order valence-electron chi connectivity index (χ2n) is 8.95. The van der Waals surface area contributed by atoms with Crippen LogP contribution in [0.4, 0.5) is 13.2 Å². The first-order valence-corrected chi connectivity index (χ1v) is 13.5. The summed E-state index contributed by atoms with van der Waals surface area (Å²) in [6.07, 6.45) is -0.284. The van der Waals surface area contributed by atoms with E-state index in [0.29, 0.717) is 39.8 Å². The monoisotopic (exact) mass is 547 g/mol. The van der Waals surface area contributed by atoms with Crippen molar-refractivity contribution < 1.29 is 22.8 Å². The minimum Gasteiger partial charge on any atom is -0.349 e. The summed E-state index contributed by atoms with van der Waals surface area (Å²) in [5, 5.41) is 5.41. The van der Waals surface area contributed by atoms with Gasteiger partial charge in [-0.2, -0.15) is 13.2 Å². The SMILES string of the molecule is Cc1nc(C(=O)N2CCCC[C@H]2CNC(=O)c2c(C)nc3sccn23)c(-c2cccc(C(F)(F)F)c2)s1. The summed E-state index contributed by atoms with van der Waals surface area (Å²) in [7, 11) is 0. The zero-order chi connectivity index (χ0) is 26.3. The van der Waals surface area contributed by atoms with Gasteiger partial charge in [-0.25, -0.2) is 9.97 Å². The Labute approximate surface area is 219 Å². The van der Waals surface area contributed by atoms with Crippen LogP contribution in [0.25, 0.3) is 15.4 Å². The minimum absolute atomic E-state index is 0.145. The molecule has 37 heavy (non-hydrogen) atoms. The third-order valence-electron chi connectivity index (χ3n) is 6.43. The Bertz CT molecular complexity index is 1470. The number of imidazole rings is 1. The number of fused-ring (bicyclic) bond motifs is 1. The zero-order valence-corrected chi connectivity index (χ0v) is 21.8. The summed E-state index contributed by atoms with van der Waals surface area (Å²) >= 11 is 2.64. The van der Waals surface area contributed by atoms with E-state index in [2.05, 4.69) is 15.3 Å². The molecule has 3 aromatic heterocycles. The predicted octanol–water partition coefficient (Wildman–Crippen LogP) is 5.58. The number of likely N-dealkylation sites (tertiary alicyclic amines) is 1. The lowest BCUT2D eigenvalue weighted by Gasteiger charge is -2.35. The third kappa shape index (κ3) is 4.99. The van der Waals surface area contributed by atoms with Crippen LogP contribution in [0.15, 0.2) is 35.8 Å². The lowest BCUT2D eigenvalue weighted by atomic mass is 10.0. The van der Waals surface area contributed by atoms with Gasteiger partial charge in [0.2, 0.25) is 0 Å². The first-order valence-electron chi connectivity index (χ1n) is 11.8. The molecular weight excluding hydrogens is 523 g/mol. The van der Waals surface area contributed by atoms with Crippen molar-refractivity contribution in [1.29, 1.82) is 0 Å². The molecule has 1 saturated heterocycles. The summed E-state index contributed by atoms with van der Waals surface area (Å²) in [6, 6.07) is 4.70. The summed E-state index contributed by atoms with van der Waals surface area (Å²) in [4.78, 5) is 38.4. The van der Waals surface area contributed by atoms with Crippen LogP contribution in [-0.4, -0.2) is 50.2 Å². The number of thiazole rings is 2. The Hall–Kier alpha value is -3.25. The van der Waals surface area contributed by atoms with E-state index in [9.17, 15) is 22.8 Å². The van der Waals surface area contributed by atoms with E-state index in [4.69, 9.17) is 0 Å². The van der Waals surface area contributed by atoms with Crippen molar-refractivity contribution in [2.45, 2.75) is 45.3 Å². The molecule has 4 aromatic rings. The standard InChI is InChI=1S/C25H24F3N5O2S2/c1-14-20(33-10-11-36-24(33)30-14)22(34)29-13-18-8-3-4-9-32(18)23(35)19-21(37-15(2)31-19)16-6-5-7-17(12-16)25(26,27)28/h5-7,10-12,18H,3-4,8-9,13H2,1-2H3,(H,29,34)/t18-/m0/s1. The summed E-state index contributed by atoms with van der Waals surface area (Å²) < 4.78 is 41.7. The summed E-state index contributed by atoms with van der Waals surface area (Å²) in [5.41, 5.74) is 0.771. The number of benzene rings is 1. The number of hydrogen-bond acceptors (Lipinski definition) is 6. The summed E-state index contributed by atoms with van der Waals surface area (Å²) in [6.45, 7) is 4.25. The molecule has 0 unspecified atom stereocenters. The van der Waals surface area contributed by atoms with Crippen LogP contribution in [0.5, 0.6) is 0 Å². The van der Waals surface area contributed by atoms with Crippen LogP contribution in [-0.2, 0) is 6.18 Å². The van der Waals surface area contributed by atoms with Crippen molar-refractivity contribution >= 4 is 39.4 Å². The molecule has 0 bridgehead atoms. The van der Waals surface area contributed by atoms with Crippen LogP contribution in [0.1, 0.15) is 56.5 Å². The zero-order valence-electron chi connectivity index (χ0n) is 20.1. The summed E-state index contributed by atoms with van der Waals surface area (Å²) in [5.74, 6) is -0.605. The number of aryl methyl sites for hydroxylation is 2. The second-order valence-corrected chi connectivity index (χ2v) is 11.0. The number of halogens is 3. The van der Waals surface area contributed by atoms with Crippen LogP contribution in [0, 0.1) is 13.8 Å². The number of nitrogens with one attached hydrogen (secondary N) is 1. The highest BCUT2D eigenvalue weighted by Gasteiger charge is 2.33. The smallest absolute Gasteiger partial charge is 0.349 e. The average Bonchev–Trinajstić information content (AvgIpc) is 3.56. The van der Waals surface area contributed by atoms with Crippen molar-refractivity contribution in [3.05, 3.63) is 63.5 Å². The number of carbonyl (C=O) groups is 2. The number of nitrogens with zero attached hydrogens (tertiary/aromatic N) is 4. The van der Waals surface area contributed by atoms with Gasteiger partial charge in [0.15, 0.2) is 4.96 Å². The molecule has 1 aliphatic heterocycles. The second kappa shape index (κ2) is 9.90. The first kappa shape index (κ1) is 25.4. The van der Waals surface area contributed by atoms with Crippen LogP contribution in [0.3, 0.4) is 0 Å². The normalized spacial score (nSPS) is 16.4. The van der Waals surface area contributed by atoms with Crippen LogP contribution in [0.2, 0.25) is 0 Å². The molecule has 1 aliphatic rings. The Balaban J connectivity index is 1.38. The van der Waals surface area contributed by atoms with Gasteiger partial charge in [0.25, 0.3) is 11.8 Å². The lowest BCUT2D eigenvalue weighted by Crippen LogP contribution is -2.49. The molecule has 1 atom stereocenters. The van der Waals surface area contributed by atoms with E-state index in [0.717, 1.165) is 29.9 Å². The fourth-order valence-corrected chi connectivity index (χ4v) is 6.35. The van der Waals surface area contributed by atoms with Crippen molar-refractivity contribution in [2.75, 3.05) is 13.1 Å². The quantitative estimate of drug-likeness (QED) is 0.354. The maximum absolute atomic E-state index is 13.7. The van der Waals surface area contributed by atoms with Gasteiger partial charge in [-0.15, -0.1) is 22.7 Å². The molecule has 0 saturated carbocycles. The van der Waals surface area contributed by atoms with E-state index in [1.807, 2.05) is 5.38 Å². The van der Waals surface area contributed by atoms with Crippen molar-refractivity contribution in [1.82, 2.24) is 24.6 Å². The topological polar surface area (TPSA) is 79.6 Å². The molecule has 4 heterocycles. The molecule has 0 spiro atoms. The Morgan fingerprint density at radius 3 is 2.78 bits per heavy atom. The van der Waals surface area contributed by atoms with Crippen molar-refractivity contribution in [2.24, 2.45) is 0 Å². The number of amides is 2. The molecule has 0 radical (unpaired) electrons. The van der Waals surface area contributed by atoms with Gasteiger partial charge < -0.3 is 10.2 Å². The molecular formula is C25H24F3N5O2S2. The third-order valence-corrected chi connectivity index (χ3v) is 8.20. The average molecular weight is 548 g/mol. The van der Waals surface area contributed by atoms with Gasteiger partial charge in [-0.1, -0.05) is 12.1 Å². The highest BCUT2D eigenvalue weighted by Crippen LogP contribution is 2.36. The van der Waals surface area contributed by atoms with Crippen LogP contribution >= 0.6 is 22.7 Å². The Kier molecular flexibility index (Phi) is 6.80. The van der Waals surface area contributed by atoms with Gasteiger partial charge in [-0.05, 0) is 50.8 Å². The predicted molar refractivity (Wildman–Crippen MR) is 136 cm³/mol. The number of alkyl halides is 3. The fraction of sp³-hybridized carbons (Fsp3) is 0.360. The largest absolute Gasteiger partial charge is 0.416 e. The molecule has 5 rings (SSSR count). The molecule has 194 valence electrons. The van der Waals surface area contributed by atoms with Gasteiger partial charge >= 0.3 is 6.18 Å². The molecule has 2 amide bonds.